The first-order valence-corrected chi connectivity index (χ1v) is 6.57. The van der Waals surface area contributed by atoms with E-state index in [1.165, 1.54) is 12.1 Å². The van der Waals surface area contributed by atoms with Crippen molar-refractivity contribution in [1.29, 1.82) is 0 Å². The molecular formula is C16H12ClFN2. The number of benzene rings is 2. The van der Waals surface area contributed by atoms with E-state index in [0.29, 0.717) is 5.02 Å². The van der Waals surface area contributed by atoms with E-state index < -0.39 is 0 Å². The first-order valence-electron chi connectivity index (χ1n) is 6.19. The Morgan fingerprint density at radius 1 is 0.950 bits per heavy atom. The molecule has 0 fully saturated rings. The van der Waals surface area contributed by atoms with Crippen LogP contribution in [0.1, 0.15) is 0 Å². The first kappa shape index (κ1) is 12.9. The van der Waals surface area contributed by atoms with Crippen LogP contribution in [-0.2, 0) is 7.05 Å². The fraction of sp³-hybridized carbons (Fsp3) is 0.0625. The minimum atomic E-state index is -0.242. The number of aromatic nitrogens is 2. The smallest absolute Gasteiger partial charge is 0.123 e. The van der Waals surface area contributed by atoms with Gasteiger partial charge < -0.3 is 0 Å². The lowest BCUT2D eigenvalue weighted by molar-refractivity contribution is 0.628. The van der Waals surface area contributed by atoms with Gasteiger partial charge in [-0.05, 0) is 48.0 Å². The molecule has 0 bridgehead atoms. The van der Waals surface area contributed by atoms with Crippen LogP contribution in [0.3, 0.4) is 0 Å². The predicted molar refractivity (Wildman–Crippen MR) is 79.0 cm³/mol. The molecule has 0 saturated heterocycles. The highest BCUT2D eigenvalue weighted by Crippen LogP contribution is 2.26. The molecule has 3 rings (SSSR count). The predicted octanol–water partition coefficient (Wildman–Crippen LogP) is 4.55. The summed E-state index contributed by atoms with van der Waals surface area (Å²) in [5.74, 6) is -0.242. The molecule has 100 valence electrons. The SMILES string of the molecule is Cn1nc(-c2ccc(Cl)cc2)cc1-c1ccc(F)cc1. The van der Waals surface area contributed by atoms with Crippen molar-refractivity contribution in [3.63, 3.8) is 0 Å². The minimum absolute atomic E-state index is 0.242. The molecule has 2 nitrogen and oxygen atoms in total. The van der Waals surface area contributed by atoms with E-state index in [1.807, 2.05) is 37.4 Å². The molecule has 0 atom stereocenters. The maximum atomic E-state index is 13.0. The van der Waals surface area contributed by atoms with E-state index in [9.17, 15) is 4.39 Å². The number of nitrogens with zero attached hydrogens (tertiary/aromatic N) is 2. The van der Waals surface area contributed by atoms with Crippen LogP contribution in [0.2, 0.25) is 5.02 Å². The van der Waals surface area contributed by atoms with Gasteiger partial charge in [0.15, 0.2) is 0 Å². The zero-order chi connectivity index (χ0) is 14.1. The van der Waals surface area contributed by atoms with Crippen molar-refractivity contribution in [2.75, 3.05) is 0 Å². The van der Waals surface area contributed by atoms with Crippen LogP contribution in [0.4, 0.5) is 4.39 Å². The van der Waals surface area contributed by atoms with Crippen molar-refractivity contribution < 1.29 is 4.39 Å². The van der Waals surface area contributed by atoms with Gasteiger partial charge in [0.1, 0.15) is 5.82 Å². The van der Waals surface area contributed by atoms with Gasteiger partial charge in [-0.1, -0.05) is 23.7 Å². The van der Waals surface area contributed by atoms with E-state index in [0.717, 1.165) is 22.5 Å². The van der Waals surface area contributed by atoms with Crippen molar-refractivity contribution in [2.24, 2.45) is 7.05 Å². The van der Waals surface area contributed by atoms with Crippen molar-refractivity contribution in [3.05, 3.63) is 65.4 Å². The van der Waals surface area contributed by atoms with Crippen molar-refractivity contribution in [3.8, 4) is 22.5 Å². The summed E-state index contributed by atoms with van der Waals surface area (Å²) < 4.78 is 14.8. The number of aryl methyl sites for hydroxylation is 1. The molecule has 0 aliphatic rings. The maximum Gasteiger partial charge on any atom is 0.123 e. The second-order valence-corrected chi connectivity index (χ2v) is 4.99. The summed E-state index contributed by atoms with van der Waals surface area (Å²) in [5, 5.41) is 5.19. The summed E-state index contributed by atoms with van der Waals surface area (Å²) in [7, 11) is 1.87. The van der Waals surface area contributed by atoms with E-state index >= 15 is 0 Å². The average Bonchev–Trinajstić information content (AvgIpc) is 2.82. The highest BCUT2D eigenvalue weighted by Gasteiger charge is 2.09. The summed E-state index contributed by atoms with van der Waals surface area (Å²) in [5.41, 5.74) is 3.73. The Kier molecular flexibility index (Phi) is 3.28. The van der Waals surface area contributed by atoms with Crippen LogP contribution in [0.15, 0.2) is 54.6 Å². The molecule has 0 aliphatic carbocycles. The minimum Gasteiger partial charge on any atom is -0.267 e. The van der Waals surface area contributed by atoms with Crippen LogP contribution in [0.5, 0.6) is 0 Å². The lowest BCUT2D eigenvalue weighted by Gasteiger charge is -2.00. The number of rotatable bonds is 2. The van der Waals surface area contributed by atoms with Gasteiger partial charge >= 0.3 is 0 Å². The molecule has 3 aromatic rings. The largest absolute Gasteiger partial charge is 0.267 e. The van der Waals surface area contributed by atoms with Gasteiger partial charge in [0.05, 0.1) is 11.4 Å². The average molecular weight is 287 g/mol. The summed E-state index contributed by atoms with van der Waals surface area (Å²) >= 11 is 5.89. The van der Waals surface area contributed by atoms with Gasteiger partial charge in [-0.15, -0.1) is 0 Å². The summed E-state index contributed by atoms with van der Waals surface area (Å²) in [6.07, 6.45) is 0. The zero-order valence-corrected chi connectivity index (χ0v) is 11.6. The van der Waals surface area contributed by atoms with E-state index in [4.69, 9.17) is 11.6 Å². The second-order valence-electron chi connectivity index (χ2n) is 4.55. The Hall–Kier alpha value is -2.13. The van der Waals surface area contributed by atoms with Crippen LogP contribution in [0.25, 0.3) is 22.5 Å². The summed E-state index contributed by atoms with van der Waals surface area (Å²) in [6, 6.07) is 15.9. The molecule has 0 saturated carbocycles. The van der Waals surface area contributed by atoms with Crippen LogP contribution < -0.4 is 0 Å². The number of hydrogen-bond donors (Lipinski definition) is 0. The molecule has 0 N–H and O–H groups in total. The molecule has 0 spiro atoms. The normalized spacial score (nSPS) is 10.8. The lowest BCUT2D eigenvalue weighted by Crippen LogP contribution is -1.93. The molecule has 1 aromatic heterocycles. The molecule has 1 heterocycles. The number of hydrogen-bond acceptors (Lipinski definition) is 1. The van der Waals surface area contributed by atoms with Crippen molar-refractivity contribution >= 4 is 11.6 Å². The topological polar surface area (TPSA) is 17.8 Å². The number of halogens is 2. The first-order chi connectivity index (χ1) is 9.63. The molecule has 0 unspecified atom stereocenters. The summed E-state index contributed by atoms with van der Waals surface area (Å²) in [6.45, 7) is 0. The molecular weight excluding hydrogens is 275 g/mol. The monoisotopic (exact) mass is 286 g/mol. The third-order valence-electron chi connectivity index (χ3n) is 3.16. The third kappa shape index (κ3) is 2.45. The van der Waals surface area contributed by atoms with Gasteiger partial charge in [-0.25, -0.2) is 4.39 Å². The van der Waals surface area contributed by atoms with Crippen molar-refractivity contribution in [2.45, 2.75) is 0 Å². The van der Waals surface area contributed by atoms with E-state index in [2.05, 4.69) is 5.10 Å². The Morgan fingerprint density at radius 3 is 2.20 bits per heavy atom. The Morgan fingerprint density at radius 2 is 1.55 bits per heavy atom. The standard InChI is InChI=1S/C16H12ClFN2/c1-20-16(12-4-8-14(18)9-5-12)10-15(19-20)11-2-6-13(17)7-3-11/h2-10H,1H3. The lowest BCUT2D eigenvalue weighted by atomic mass is 10.1. The quantitative estimate of drug-likeness (QED) is 0.676. The molecule has 4 heteroatoms. The highest BCUT2D eigenvalue weighted by molar-refractivity contribution is 6.30. The molecule has 0 radical (unpaired) electrons. The van der Waals surface area contributed by atoms with Gasteiger partial charge in [0, 0.05) is 17.6 Å². The Labute approximate surface area is 121 Å². The van der Waals surface area contributed by atoms with E-state index in [-0.39, 0.29) is 5.82 Å². The van der Waals surface area contributed by atoms with E-state index in [1.54, 1.807) is 16.8 Å². The second kappa shape index (κ2) is 5.10. The highest BCUT2D eigenvalue weighted by atomic mass is 35.5. The van der Waals surface area contributed by atoms with Gasteiger partial charge in [-0.2, -0.15) is 5.10 Å². The van der Waals surface area contributed by atoms with Gasteiger partial charge in [0.25, 0.3) is 0 Å². The summed E-state index contributed by atoms with van der Waals surface area (Å²) in [4.78, 5) is 0. The Balaban J connectivity index is 2.02. The fourth-order valence-corrected chi connectivity index (χ4v) is 2.25. The molecule has 0 amide bonds. The van der Waals surface area contributed by atoms with Crippen LogP contribution in [-0.4, -0.2) is 9.78 Å². The maximum absolute atomic E-state index is 13.0. The van der Waals surface area contributed by atoms with Gasteiger partial charge in [-0.3, -0.25) is 4.68 Å². The molecule has 0 aliphatic heterocycles. The molecule has 2 aromatic carbocycles. The fourth-order valence-electron chi connectivity index (χ4n) is 2.12. The third-order valence-corrected chi connectivity index (χ3v) is 3.41. The van der Waals surface area contributed by atoms with Crippen molar-refractivity contribution in [1.82, 2.24) is 9.78 Å². The zero-order valence-electron chi connectivity index (χ0n) is 10.8. The van der Waals surface area contributed by atoms with Crippen LogP contribution >= 0.6 is 11.6 Å². The Bertz CT molecular complexity index is 730. The van der Waals surface area contributed by atoms with Gasteiger partial charge in [0.2, 0.25) is 0 Å². The van der Waals surface area contributed by atoms with Crippen LogP contribution in [0, 0.1) is 5.82 Å². The molecule has 20 heavy (non-hydrogen) atoms.